The molecular weight excluding hydrogens is 172 g/mol. The third-order valence-corrected chi connectivity index (χ3v) is 3.07. The van der Waals surface area contributed by atoms with Crippen LogP contribution in [0.25, 0.3) is 0 Å². The Kier molecular flexibility index (Phi) is 2.73. The van der Waals surface area contributed by atoms with Crippen LogP contribution in [0.15, 0.2) is 12.3 Å². The van der Waals surface area contributed by atoms with Crippen molar-refractivity contribution in [3.8, 4) is 0 Å². The van der Waals surface area contributed by atoms with Crippen LogP contribution in [0.1, 0.15) is 48.0 Å². The van der Waals surface area contributed by atoms with E-state index in [1.807, 2.05) is 0 Å². The van der Waals surface area contributed by atoms with E-state index in [1.165, 1.54) is 0 Å². The van der Waals surface area contributed by atoms with Crippen LogP contribution in [0.3, 0.4) is 0 Å². The number of ether oxygens (including phenoxy) is 1. The van der Waals surface area contributed by atoms with Crippen molar-refractivity contribution in [1.82, 2.24) is 0 Å². The summed E-state index contributed by atoms with van der Waals surface area (Å²) in [6.45, 7) is 17.6. The van der Waals surface area contributed by atoms with Gasteiger partial charge in [0.25, 0.3) is 0 Å². The Balaban J connectivity index is 2.89. The zero-order chi connectivity index (χ0) is 11.1. The van der Waals surface area contributed by atoms with Gasteiger partial charge in [0.05, 0.1) is 5.76 Å². The topological polar surface area (TPSA) is 9.23 Å². The van der Waals surface area contributed by atoms with Gasteiger partial charge in [-0.25, -0.2) is 0 Å². The molecule has 0 aliphatic carbocycles. The molecule has 0 radical (unpaired) electrons. The van der Waals surface area contributed by atoms with Crippen molar-refractivity contribution in [3.63, 3.8) is 0 Å². The Hall–Kier alpha value is -0.460. The zero-order valence-electron chi connectivity index (χ0n) is 10.5. The van der Waals surface area contributed by atoms with Gasteiger partial charge in [-0.1, -0.05) is 48.1 Å². The van der Waals surface area contributed by atoms with Gasteiger partial charge in [0.15, 0.2) is 0 Å². The molecule has 0 amide bonds. The SMILES string of the molecule is C=C1CC(C(C)(C)C)C(C(C)(C)C)O1. The van der Waals surface area contributed by atoms with Crippen molar-refractivity contribution in [3.05, 3.63) is 12.3 Å². The highest BCUT2D eigenvalue weighted by molar-refractivity contribution is 5.03. The molecule has 82 valence electrons. The minimum atomic E-state index is 0.206. The first-order valence-electron chi connectivity index (χ1n) is 5.47. The predicted molar refractivity (Wildman–Crippen MR) is 61.0 cm³/mol. The molecule has 1 aliphatic heterocycles. The van der Waals surface area contributed by atoms with Crippen LogP contribution in [-0.2, 0) is 4.74 Å². The summed E-state index contributed by atoms with van der Waals surface area (Å²) in [4.78, 5) is 0. The normalized spacial score (nSPS) is 29.1. The minimum Gasteiger partial charge on any atom is -0.495 e. The molecule has 0 N–H and O–H groups in total. The first-order chi connectivity index (χ1) is 6.12. The smallest absolute Gasteiger partial charge is 0.107 e. The molecule has 1 heteroatoms. The van der Waals surface area contributed by atoms with Crippen molar-refractivity contribution in [2.24, 2.45) is 16.7 Å². The van der Waals surface area contributed by atoms with Crippen LogP contribution in [0.4, 0.5) is 0 Å². The molecule has 1 nitrogen and oxygen atoms in total. The summed E-state index contributed by atoms with van der Waals surface area (Å²) in [6.07, 6.45) is 1.33. The fraction of sp³-hybridized carbons (Fsp3) is 0.846. The van der Waals surface area contributed by atoms with Gasteiger partial charge >= 0.3 is 0 Å². The average Bonchev–Trinajstić information content (AvgIpc) is 2.27. The van der Waals surface area contributed by atoms with E-state index in [1.54, 1.807) is 0 Å². The summed E-state index contributed by atoms with van der Waals surface area (Å²) in [5.74, 6) is 1.56. The van der Waals surface area contributed by atoms with Crippen molar-refractivity contribution in [2.45, 2.75) is 54.1 Å². The highest BCUT2D eigenvalue weighted by Crippen LogP contribution is 2.46. The summed E-state index contributed by atoms with van der Waals surface area (Å²) in [6, 6.07) is 0. The van der Waals surface area contributed by atoms with E-state index < -0.39 is 0 Å². The predicted octanol–water partition coefficient (Wildman–Crippen LogP) is 4.00. The van der Waals surface area contributed by atoms with Crippen molar-refractivity contribution in [2.75, 3.05) is 0 Å². The largest absolute Gasteiger partial charge is 0.495 e. The fourth-order valence-corrected chi connectivity index (χ4v) is 2.20. The van der Waals surface area contributed by atoms with E-state index in [2.05, 4.69) is 48.1 Å². The second-order valence-electron chi connectivity index (χ2n) is 6.62. The van der Waals surface area contributed by atoms with Crippen LogP contribution in [0.2, 0.25) is 0 Å². The Labute approximate surface area is 88.5 Å². The number of hydrogen-bond donors (Lipinski definition) is 0. The molecule has 1 fully saturated rings. The molecule has 2 atom stereocenters. The Morgan fingerprint density at radius 2 is 1.57 bits per heavy atom. The summed E-state index contributed by atoms with van der Waals surface area (Å²) in [7, 11) is 0. The molecule has 1 rings (SSSR count). The van der Waals surface area contributed by atoms with Gasteiger partial charge < -0.3 is 4.74 Å². The van der Waals surface area contributed by atoms with Gasteiger partial charge in [0.2, 0.25) is 0 Å². The Morgan fingerprint density at radius 3 is 1.86 bits per heavy atom. The van der Waals surface area contributed by atoms with Gasteiger partial charge in [-0.05, 0) is 10.8 Å². The Morgan fingerprint density at radius 1 is 1.07 bits per heavy atom. The summed E-state index contributed by atoms with van der Waals surface area (Å²) in [5.41, 5.74) is 0.509. The van der Waals surface area contributed by atoms with Gasteiger partial charge in [-0.2, -0.15) is 0 Å². The quantitative estimate of drug-likeness (QED) is 0.569. The van der Waals surface area contributed by atoms with Gasteiger partial charge in [-0.15, -0.1) is 0 Å². The molecule has 1 aliphatic rings. The first-order valence-corrected chi connectivity index (χ1v) is 5.47. The summed E-state index contributed by atoms with van der Waals surface area (Å²) < 4.78 is 5.87. The maximum absolute atomic E-state index is 5.87. The Bertz CT molecular complexity index is 203. The van der Waals surface area contributed by atoms with E-state index in [0.29, 0.717) is 17.4 Å². The number of allylic oxidation sites excluding steroid dienone is 1. The van der Waals surface area contributed by atoms with Crippen molar-refractivity contribution >= 4 is 0 Å². The van der Waals surface area contributed by atoms with E-state index in [0.717, 1.165) is 12.2 Å². The fourth-order valence-electron chi connectivity index (χ4n) is 2.20. The molecule has 14 heavy (non-hydrogen) atoms. The van der Waals surface area contributed by atoms with Crippen molar-refractivity contribution < 1.29 is 4.74 Å². The third kappa shape index (κ3) is 2.31. The second kappa shape index (κ2) is 3.29. The van der Waals surface area contributed by atoms with E-state index in [9.17, 15) is 0 Å². The lowest BCUT2D eigenvalue weighted by Crippen LogP contribution is -2.37. The lowest BCUT2D eigenvalue weighted by molar-refractivity contribution is 0.000562. The number of rotatable bonds is 0. The molecule has 2 unspecified atom stereocenters. The van der Waals surface area contributed by atoms with Crippen molar-refractivity contribution in [1.29, 1.82) is 0 Å². The van der Waals surface area contributed by atoms with Crippen LogP contribution in [-0.4, -0.2) is 6.10 Å². The average molecular weight is 196 g/mol. The van der Waals surface area contributed by atoms with Gasteiger partial charge in [-0.3, -0.25) is 0 Å². The standard InChI is InChI=1S/C13H24O/c1-9-8-10(12(2,3)4)11(14-9)13(5,6)7/h10-11H,1,8H2,2-7H3. The van der Waals surface area contributed by atoms with Gasteiger partial charge in [0.1, 0.15) is 6.10 Å². The van der Waals surface area contributed by atoms with Gasteiger partial charge in [0, 0.05) is 12.3 Å². The van der Waals surface area contributed by atoms with E-state index >= 15 is 0 Å². The molecule has 0 bridgehead atoms. The molecule has 0 spiro atoms. The zero-order valence-corrected chi connectivity index (χ0v) is 10.5. The second-order valence-corrected chi connectivity index (χ2v) is 6.62. The molecule has 1 heterocycles. The molecule has 0 aromatic rings. The van der Waals surface area contributed by atoms with Crippen LogP contribution in [0, 0.1) is 16.7 Å². The molecular formula is C13H24O. The number of hydrogen-bond acceptors (Lipinski definition) is 1. The lowest BCUT2D eigenvalue weighted by atomic mass is 9.70. The summed E-state index contributed by atoms with van der Waals surface area (Å²) in [5, 5.41) is 0. The minimum absolute atomic E-state index is 0.206. The maximum Gasteiger partial charge on any atom is 0.107 e. The first kappa shape index (κ1) is 11.6. The van der Waals surface area contributed by atoms with E-state index in [-0.39, 0.29) is 5.41 Å². The van der Waals surface area contributed by atoms with Crippen LogP contribution < -0.4 is 0 Å². The highest BCUT2D eigenvalue weighted by atomic mass is 16.5. The molecule has 0 aromatic heterocycles. The summed E-state index contributed by atoms with van der Waals surface area (Å²) >= 11 is 0. The van der Waals surface area contributed by atoms with E-state index in [4.69, 9.17) is 4.74 Å². The maximum atomic E-state index is 5.87. The monoisotopic (exact) mass is 196 g/mol. The van der Waals surface area contributed by atoms with Crippen LogP contribution >= 0.6 is 0 Å². The molecule has 0 aromatic carbocycles. The third-order valence-electron chi connectivity index (χ3n) is 3.07. The van der Waals surface area contributed by atoms with Crippen LogP contribution in [0.5, 0.6) is 0 Å². The molecule has 0 saturated carbocycles. The lowest BCUT2D eigenvalue weighted by Gasteiger charge is -2.37. The molecule has 1 saturated heterocycles. The highest BCUT2D eigenvalue weighted by Gasteiger charge is 2.44.